The van der Waals surface area contributed by atoms with E-state index < -0.39 is 0 Å². The number of allylic oxidation sites excluding steroid dienone is 1. The van der Waals surface area contributed by atoms with Gasteiger partial charge in [0.05, 0.1) is 5.56 Å². The van der Waals surface area contributed by atoms with E-state index in [2.05, 4.69) is 41.7 Å². The van der Waals surface area contributed by atoms with E-state index in [4.69, 9.17) is 5.41 Å². The number of piperazine rings is 1. The second-order valence-corrected chi connectivity index (χ2v) is 6.79. The molecule has 0 saturated carbocycles. The maximum Gasteiger partial charge on any atom is 0.131 e. The van der Waals surface area contributed by atoms with Gasteiger partial charge in [-0.3, -0.25) is 5.41 Å². The summed E-state index contributed by atoms with van der Waals surface area (Å²) in [4.78, 5) is 3.37. The fourth-order valence-electron chi connectivity index (χ4n) is 2.57. The van der Waals surface area contributed by atoms with Crippen LogP contribution < -0.4 is 10.6 Å². The predicted octanol–water partition coefficient (Wildman–Crippen LogP) is 3.22. The lowest BCUT2D eigenvalue weighted by Gasteiger charge is -2.30. The lowest BCUT2D eigenvalue weighted by molar-refractivity contribution is 0.356. The Morgan fingerprint density at radius 3 is 2.86 bits per heavy atom. The van der Waals surface area contributed by atoms with Crippen molar-refractivity contribution in [2.24, 2.45) is 0 Å². The van der Waals surface area contributed by atoms with Gasteiger partial charge in [0.15, 0.2) is 0 Å². The predicted molar refractivity (Wildman–Crippen MR) is 97.4 cm³/mol. The summed E-state index contributed by atoms with van der Waals surface area (Å²) < 4.78 is 0. The molecular formula is C17H26N4S. The number of nitrogens with one attached hydrogen (secondary N) is 3. The fraction of sp³-hybridized carbons (Fsp3) is 0.471. The van der Waals surface area contributed by atoms with Gasteiger partial charge >= 0.3 is 0 Å². The highest BCUT2D eigenvalue weighted by Crippen LogP contribution is 2.30. The van der Waals surface area contributed by atoms with Gasteiger partial charge in [-0.2, -0.15) is 0 Å². The van der Waals surface area contributed by atoms with E-state index in [1.165, 1.54) is 4.88 Å². The van der Waals surface area contributed by atoms with Crippen molar-refractivity contribution in [3.63, 3.8) is 0 Å². The molecule has 1 aromatic rings. The van der Waals surface area contributed by atoms with Crippen LogP contribution in [0.2, 0.25) is 0 Å². The molecule has 0 aromatic carbocycles. The summed E-state index contributed by atoms with van der Waals surface area (Å²) in [7, 11) is 0. The van der Waals surface area contributed by atoms with E-state index in [9.17, 15) is 0 Å². The Bertz CT molecular complexity index is 529. The molecule has 2 heterocycles. The van der Waals surface area contributed by atoms with Crippen LogP contribution in [0.5, 0.6) is 0 Å². The van der Waals surface area contributed by atoms with Crippen LogP contribution in [0, 0.1) is 12.3 Å². The molecule has 1 saturated heterocycles. The molecule has 0 radical (unpaired) electrons. The number of hydrogen-bond donors (Lipinski definition) is 3. The minimum Gasteiger partial charge on any atom is -0.370 e. The first-order valence-corrected chi connectivity index (χ1v) is 8.62. The molecular weight excluding hydrogens is 292 g/mol. The lowest BCUT2D eigenvalue weighted by Crippen LogP contribution is -2.46. The first kappa shape index (κ1) is 16.8. The van der Waals surface area contributed by atoms with E-state index in [1.807, 2.05) is 12.2 Å². The average molecular weight is 318 g/mol. The molecule has 0 bridgehead atoms. The minimum absolute atomic E-state index is 0.214. The number of hydrogen-bond acceptors (Lipinski definition) is 4. The highest BCUT2D eigenvalue weighted by Gasteiger charge is 2.20. The van der Waals surface area contributed by atoms with Crippen LogP contribution >= 0.6 is 11.3 Å². The number of aryl methyl sites for hydroxylation is 1. The summed E-state index contributed by atoms with van der Waals surface area (Å²) in [5, 5.41) is 16.5. The Hall–Kier alpha value is -1.59. The van der Waals surface area contributed by atoms with Gasteiger partial charge in [-0.25, -0.2) is 0 Å². The van der Waals surface area contributed by atoms with Crippen molar-refractivity contribution in [2.75, 3.05) is 31.5 Å². The monoisotopic (exact) mass is 318 g/mol. The normalized spacial score (nSPS) is 16.1. The molecule has 2 rings (SSSR count). The van der Waals surface area contributed by atoms with Crippen LogP contribution in [0.15, 0.2) is 31.4 Å². The van der Waals surface area contributed by atoms with Crippen LogP contribution in [0.4, 0.5) is 5.00 Å². The Morgan fingerprint density at radius 1 is 1.50 bits per heavy atom. The maximum atomic E-state index is 8.54. The number of nitrogens with zero attached hydrogens (tertiary/aromatic N) is 1. The topological polar surface area (TPSA) is 51.2 Å². The molecule has 5 heteroatoms. The van der Waals surface area contributed by atoms with Crippen LogP contribution in [0.1, 0.15) is 23.3 Å². The van der Waals surface area contributed by atoms with Gasteiger partial charge in [0.25, 0.3) is 0 Å². The first-order valence-electron chi connectivity index (χ1n) is 7.80. The smallest absolute Gasteiger partial charge is 0.131 e. The first-order chi connectivity index (χ1) is 10.7. The quantitative estimate of drug-likeness (QED) is 0.411. The number of anilines is 1. The zero-order chi connectivity index (χ0) is 15.9. The molecule has 22 heavy (non-hydrogen) atoms. The average Bonchev–Trinajstić information content (AvgIpc) is 2.92. The van der Waals surface area contributed by atoms with E-state index >= 15 is 0 Å². The third-order valence-corrected chi connectivity index (χ3v) is 4.81. The molecule has 0 aliphatic carbocycles. The maximum absolute atomic E-state index is 8.54. The number of thiophene rings is 1. The third kappa shape index (κ3) is 4.21. The van der Waals surface area contributed by atoms with Gasteiger partial charge < -0.3 is 15.5 Å². The van der Waals surface area contributed by atoms with Crippen molar-refractivity contribution in [1.29, 1.82) is 5.41 Å². The number of rotatable bonds is 7. The molecule has 0 amide bonds. The minimum atomic E-state index is 0.214. The Labute approximate surface area is 137 Å². The molecule has 4 nitrogen and oxygen atoms in total. The van der Waals surface area contributed by atoms with E-state index in [0.29, 0.717) is 5.84 Å². The molecule has 1 atom stereocenters. The van der Waals surface area contributed by atoms with Crippen molar-refractivity contribution < 1.29 is 0 Å². The van der Waals surface area contributed by atoms with Gasteiger partial charge in [-0.1, -0.05) is 12.2 Å². The SMILES string of the molecule is C=CCCC(C=C)Nc1sc(C)cc1C(=N)N1CCNCC1. The van der Waals surface area contributed by atoms with E-state index in [1.54, 1.807) is 11.3 Å². The molecule has 1 aromatic heterocycles. The second kappa shape index (κ2) is 8.15. The Balaban J connectivity index is 2.12. The van der Waals surface area contributed by atoms with Crippen LogP contribution in [0.25, 0.3) is 0 Å². The zero-order valence-corrected chi connectivity index (χ0v) is 14.1. The fourth-order valence-corrected chi connectivity index (χ4v) is 3.55. The molecule has 1 unspecified atom stereocenters. The summed E-state index contributed by atoms with van der Waals surface area (Å²) in [5.41, 5.74) is 1.01. The van der Waals surface area contributed by atoms with E-state index in [-0.39, 0.29) is 6.04 Å². The zero-order valence-electron chi connectivity index (χ0n) is 13.3. The third-order valence-electron chi connectivity index (χ3n) is 3.83. The van der Waals surface area contributed by atoms with Gasteiger partial charge in [-0.05, 0) is 25.8 Å². The van der Waals surface area contributed by atoms with Gasteiger partial charge in [0, 0.05) is 37.1 Å². The Morgan fingerprint density at radius 2 is 2.23 bits per heavy atom. The van der Waals surface area contributed by atoms with E-state index in [0.717, 1.165) is 49.6 Å². The van der Waals surface area contributed by atoms with Gasteiger partial charge in [-0.15, -0.1) is 24.5 Å². The molecule has 1 fully saturated rings. The van der Waals surface area contributed by atoms with Crippen LogP contribution in [0.3, 0.4) is 0 Å². The van der Waals surface area contributed by atoms with Crippen LogP contribution in [-0.2, 0) is 0 Å². The van der Waals surface area contributed by atoms with Gasteiger partial charge in [0.1, 0.15) is 10.8 Å². The molecule has 1 aliphatic heterocycles. The Kier molecular flexibility index (Phi) is 6.21. The standard InChI is InChI=1S/C17H26N4S/c1-4-6-7-14(5-2)20-17-15(12-13(3)22-17)16(18)21-10-8-19-9-11-21/h4-5,12,14,18-20H,1-2,6-11H2,3H3. The second-order valence-electron chi connectivity index (χ2n) is 5.54. The van der Waals surface area contributed by atoms with Crippen molar-refractivity contribution >= 4 is 22.2 Å². The summed E-state index contributed by atoms with van der Waals surface area (Å²) in [6.45, 7) is 13.5. The largest absolute Gasteiger partial charge is 0.370 e. The van der Waals surface area contributed by atoms with Crippen LogP contribution in [-0.4, -0.2) is 43.0 Å². The van der Waals surface area contributed by atoms with Gasteiger partial charge in [0.2, 0.25) is 0 Å². The van der Waals surface area contributed by atoms with Crippen molar-refractivity contribution in [2.45, 2.75) is 25.8 Å². The molecule has 120 valence electrons. The van der Waals surface area contributed by atoms with Crippen molar-refractivity contribution in [1.82, 2.24) is 10.2 Å². The summed E-state index contributed by atoms with van der Waals surface area (Å²) in [6, 6.07) is 2.33. The van der Waals surface area contributed by atoms with Crippen molar-refractivity contribution in [3.8, 4) is 0 Å². The molecule has 3 N–H and O–H groups in total. The highest BCUT2D eigenvalue weighted by atomic mass is 32.1. The number of amidine groups is 1. The summed E-state index contributed by atoms with van der Waals surface area (Å²) in [6.07, 6.45) is 5.81. The lowest BCUT2D eigenvalue weighted by atomic mass is 10.1. The summed E-state index contributed by atoms with van der Waals surface area (Å²) >= 11 is 1.72. The molecule has 0 spiro atoms. The highest BCUT2D eigenvalue weighted by molar-refractivity contribution is 7.16. The molecule has 1 aliphatic rings. The summed E-state index contributed by atoms with van der Waals surface area (Å²) in [5.74, 6) is 0.625. The van der Waals surface area contributed by atoms with Crippen molar-refractivity contribution in [3.05, 3.63) is 41.8 Å².